The minimum Gasteiger partial charge on any atom is -0.457 e. The standard InChI is InChI=1S/C30H35N7O3/c31-29-27-28(22-10-12-25(13-11-22)40-24-7-2-1-3-8-24)34-37(30(27)33-21-32-29)20-23-6-4-15-36(23)26(38)9-5-14-35-16-18-39-19-17-35/h1-3,5,7-13,21,23,28,34H,4,6,14-20H2,(H2,31,32,33)/b9-5+/t23-,28?/m0/s1. The molecular formula is C30H35N7O3. The number of morpholine rings is 1. The van der Waals surface area contributed by atoms with Crippen molar-refractivity contribution in [1.82, 2.24) is 25.2 Å². The van der Waals surface area contributed by atoms with Gasteiger partial charge in [0, 0.05) is 32.3 Å². The fourth-order valence-corrected chi connectivity index (χ4v) is 5.61. The first-order chi connectivity index (χ1) is 19.7. The molecule has 2 fully saturated rings. The van der Waals surface area contributed by atoms with Crippen LogP contribution in [0.4, 0.5) is 11.6 Å². The number of hydrogen-bond acceptors (Lipinski definition) is 9. The Balaban J connectivity index is 1.14. The Kier molecular flexibility index (Phi) is 7.90. The zero-order valence-corrected chi connectivity index (χ0v) is 22.5. The normalized spacial score (nSPS) is 21.2. The molecule has 6 rings (SSSR count). The van der Waals surface area contributed by atoms with Gasteiger partial charge in [0.15, 0.2) is 5.82 Å². The first-order valence-corrected chi connectivity index (χ1v) is 13.9. The predicted octanol–water partition coefficient (Wildman–Crippen LogP) is 3.14. The Morgan fingerprint density at radius 3 is 2.62 bits per heavy atom. The van der Waals surface area contributed by atoms with E-state index in [4.69, 9.17) is 15.2 Å². The van der Waals surface area contributed by atoms with E-state index < -0.39 is 0 Å². The van der Waals surface area contributed by atoms with Crippen molar-refractivity contribution in [1.29, 1.82) is 0 Å². The number of hydrazine groups is 1. The SMILES string of the molecule is Nc1ncnc2c1C(c1ccc(Oc3ccccc3)cc1)NN2C[C@@H]1CCCN1C(=O)/C=C/CN1CCOCC1. The molecule has 1 aromatic heterocycles. The first kappa shape index (κ1) is 26.2. The number of nitrogens with one attached hydrogen (secondary N) is 1. The first-order valence-electron chi connectivity index (χ1n) is 13.9. The van der Waals surface area contributed by atoms with Gasteiger partial charge >= 0.3 is 0 Å². The van der Waals surface area contributed by atoms with Crippen LogP contribution in [-0.2, 0) is 9.53 Å². The summed E-state index contributed by atoms with van der Waals surface area (Å²) in [5.74, 6) is 2.80. The molecule has 3 N–H and O–H groups in total. The Hall–Kier alpha value is -3.99. The van der Waals surface area contributed by atoms with Crippen molar-refractivity contribution in [3.8, 4) is 11.5 Å². The number of carbonyl (C=O) groups excluding carboxylic acids is 1. The molecular weight excluding hydrogens is 506 g/mol. The average Bonchev–Trinajstić information content (AvgIpc) is 3.60. The zero-order chi connectivity index (χ0) is 27.3. The summed E-state index contributed by atoms with van der Waals surface area (Å²) in [5, 5.41) is 2.03. The zero-order valence-electron chi connectivity index (χ0n) is 22.5. The van der Waals surface area contributed by atoms with Gasteiger partial charge in [0.25, 0.3) is 0 Å². The molecule has 2 atom stereocenters. The largest absolute Gasteiger partial charge is 0.457 e. The van der Waals surface area contributed by atoms with Crippen molar-refractivity contribution >= 4 is 17.5 Å². The number of nitrogens with zero attached hydrogens (tertiary/aromatic N) is 5. The minimum absolute atomic E-state index is 0.0583. The van der Waals surface area contributed by atoms with Gasteiger partial charge in [-0.3, -0.25) is 14.7 Å². The van der Waals surface area contributed by atoms with Crippen LogP contribution < -0.4 is 20.9 Å². The molecule has 10 heteroatoms. The fraction of sp³-hybridized carbons (Fsp3) is 0.367. The van der Waals surface area contributed by atoms with Gasteiger partial charge in [-0.2, -0.15) is 0 Å². The summed E-state index contributed by atoms with van der Waals surface area (Å²) in [4.78, 5) is 26.2. The van der Waals surface area contributed by atoms with E-state index in [0.717, 1.165) is 80.7 Å². The third-order valence-corrected chi connectivity index (χ3v) is 7.70. The number of nitrogens with two attached hydrogens (primary N) is 1. The van der Waals surface area contributed by atoms with Crippen LogP contribution in [0.25, 0.3) is 0 Å². The molecule has 10 nitrogen and oxygen atoms in total. The Morgan fingerprint density at radius 1 is 1.05 bits per heavy atom. The highest BCUT2D eigenvalue weighted by Gasteiger charge is 2.37. The molecule has 3 aliphatic heterocycles. The van der Waals surface area contributed by atoms with Crippen molar-refractivity contribution < 1.29 is 14.3 Å². The summed E-state index contributed by atoms with van der Waals surface area (Å²) in [6.07, 6.45) is 7.11. The minimum atomic E-state index is -0.207. The van der Waals surface area contributed by atoms with E-state index >= 15 is 0 Å². The highest BCUT2D eigenvalue weighted by molar-refractivity contribution is 5.88. The lowest BCUT2D eigenvalue weighted by molar-refractivity contribution is -0.126. The predicted molar refractivity (Wildman–Crippen MR) is 153 cm³/mol. The number of nitrogen functional groups attached to an aromatic ring is 1. The lowest BCUT2D eigenvalue weighted by Gasteiger charge is -2.29. The number of anilines is 2. The van der Waals surface area contributed by atoms with Crippen LogP contribution in [-0.4, -0.2) is 77.7 Å². The van der Waals surface area contributed by atoms with Crippen LogP contribution in [0.3, 0.4) is 0 Å². The maximum absolute atomic E-state index is 13.1. The van der Waals surface area contributed by atoms with Gasteiger partial charge in [0.2, 0.25) is 5.91 Å². The highest BCUT2D eigenvalue weighted by Crippen LogP contribution is 2.39. The van der Waals surface area contributed by atoms with Crippen molar-refractivity contribution in [3.63, 3.8) is 0 Å². The molecule has 2 saturated heterocycles. The van der Waals surface area contributed by atoms with Crippen LogP contribution in [0, 0.1) is 0 Å². The number of hydrogen-bond donors (Lipinski definition) is 2. The molecule has 40 heavy (non-hydrogen) atoms. The smallest absolute Gasteiger partial charge is 0.246 e. The second-order valence-corrected chi connectivity index (χ2v) is 10.3. The van der Waals surface area contributed by atoms with E-state index in [1.807, 2.05) is 70.6 Å². The van der Waals surface area contributed by atoms with Crippen molar-refractivity contribution in [2.75, 3.05) is 56.7 Å². The lowest BCUT2D eigenvalue weighted by Crippen LogP contribution is -2.46. The molecule has 0 aliphatic carbocycles. The van der Waals surface area contributed by atoms with Crippen LogP contribution in [0.15, 0.2) is 73.1 Å². The van der Waals surface area contributed by atoms with Crippen molar-refractivity contribution in [2.45, 2.75) is 24.9 Å². The average molecular weight is 542 g/mol. The number of ether oxygens (including phenoxy) is 2. The molecule has 2 aromatic carbocycles. The molecule has 208 valence electrons. The summed E-state index contributed by atoms with van der Waals surface area (Å²) in [6, 6.07) is 17.5. The maximum Gasteiger partial charge on any atom is 0.246 e. The van der Waals surface area contributed by atoms with Gasteiger partial charge in [-0.1, -0.05) is 36.4 Å². The van der Waals surface area contributed by atoms with Crippen LogP contribution in [0.2, 0.25) is 0 Å². The summed E-state index contributed by atoms with van der Waals surface area (Å²) >= 11 is 0. The third kappa shape index (κ3) is 5.79. The molecule has 0 saturated carbocycles. The van der Waals surface area contributed by atoms with E-state index in [0.29, 0.717) is 12.4 Å². The van der Waals surface area contributed by atoms with E-state index in [-0.39, 0.29) is 18.0 Å². The molecule has 3 aromatic rings. The number of likely N-dealkylation sites (tertiary alicyclic amines) is 1. The van der Waals surface area contributed by atoms with Crippen LogP contribution >= 0.6 is 0 Å². The molecule has 4 heterocycles. The fourth-order valence-electron chi connectivity index (χ4n) is 5.61. The van der Waals surface area contributed by atoms with Gasteiger partial charge in [0.05, 0.1) is 37.4 Å². The second kappa shape index (κ2) is 12.0. The van der Waals surface area contributed by atoms with E-state index in [1.54, 1.807) is 6.08 Å². The highest BCUT2D eigenvalue weighted by atomic mass is 16.5. The Morgan fingerprint density at radius 2 is 1.82 bits per heavy atom. The number of fused-ring (bicyclic) bond motifs is 1. The van der Waals surface area contributed by atoms with Gasteiger partial charge in [-0.25, -0.2) is 15.4 Å². The van der Waals surface area contributed by atoms with E-state index in [9.17, 15) is 4.79 Å². The second-order valence-electron chi connectivity index (χ2n) is 10.3. The third-order valence-electron chi connectivity index (χ3n) is 7.70. The van der Waals surface area contributed by atoms with E-state index in [2.05, 4.69) is 20.3 Å². The maximum atomic E-state index is 13.1. The number of rotatable bonds is 8. The van der Waals surface area contributed by atoms with Crippen LogP contribution in [0.5, 0.6) is 11.5 Å². The summed E-state index contributed by atoms with van der Waals surface area (Å²) in [7, 11) is 0. The number of benzene rings is 2. The summed E-state index contributed by atoms with van der Waals surface area (Å²) in [5.41, 5.74) is 11.8. The topological polar surface area (TPSA) is 109 Å². The van der Waals surface area contributed by atoms with Gasteiger partial charge in [-0.15, -0.1) is 0 Å². The number of amides is 1. The Labute approximate surface area is 234 Å². The van der Waals surface area contributed by atoms with Crippen LogP contribution in [0.1, 0.15) is 30.0 Å². The summed E-state index contributed by atoms with van der Waals surface area (Å²) < 4.78 is 11.4. The molecule has 0 radical (unpaired) electrons. The molecule has 1 amide bonds. The van der Waals surface area contributed by atoms with Crippen molar-refractivity contribution in [2.24, 2.45) is 0 Å². The quantitative estimate of drug-likeness (QED) is 0.416. The van der Waals surface area contributed by atoms with Crippen molar-refractivity contribution in [3.05, 3.63) is 84.2 Å². The van der Waals surface area contributed by atoms with E-state index in [1.165, 1.54) is 6.33 Å². The molecule has 3 aliphatic rings. The lowest BCUT2D eigenvalue weighted by atomic mass is 10.0. The number of aromatic nitrogens is 2. The monoisotopic (exact) mass is 541 g/mol. The molecule has 1 unspecified atom stereocenters. The molecule has 0 spiro atoms. The summed E-state index contributed by atoms with van der Waals surface area (Å²) in [6.45, 7) is 5.44. The molecule has 0 bridgehead atoms. The van der Waals surface area contributed by atoms with Gasteiger partial charge in [-0.05, 0) is 42.7 Å². The van der Waals surface area contributed by atoms with Gasteiger partial charge < -0.3 is 20.1 Å². The van der Waals surface area contributed by atoms with Gasteiger partial charge in [0.1, 0.15) is 23.6 Å². The number of para-hydroxylation sites is 1. The number of carbonyl (C=O) groups is 1. The Bertz CT molecular complexity index is 1330.